The van der Waals surface area contributed by atoms with Crippen LogP contribution in [0.2, 0.25) is 0 Å². The predicted molar refractivity (Wildman–Crippen MR) is 64.2 cm³/mol. The van der Waals surface area contributed by atoms with Gasteiger partial charge in [-0.15, -0.1) is 0 Å². The van der Waals surface area contributed by atoms with Crippen molar-refractivity contribution in [1.82, 2.24) is 0 Å². The number of ether oxygens (including phenoxy) is 2. The molecule has 1 rings (SSSR count). The number of hydrogen-bond donors (Lipinski definition) is 1. The number of aliphatic carboxylic acids is 1. The average Bonchev–Trinajstić information content (AvgIpc) is 2.30. The molecular weight excluding hydrogens is 220 g/mol. The first kappa shape index (κ1) is 13.5. The van der Waals surface area contributed by atoms with E-state index in [0.29, 0.717) is 24.5 Å². The lowest BCUT2D eigenvalue weighted by atomic mass is 10.1. The Morgan fingerprint density at radius 1 is 1.41 bits per heavy atom. The highest BCUT2D eigenvalue weighted by atomic mass is 16.5. The Bertz CT molecular complexity index is 362. The third-order valence-corrected chi connectivity index (χ3v) is 2.18. The molecule has 0 amide bonds. The van der Waals surface area contributed by atoms with Gasteiger partial charge in [-0.25, -0.2) is 4.79 Å². The first-order valence-electron chi connectivity index (χ1n) is 5.76. The zero-order valence-electron chi connectivity index (χ0n) is 10.2. The van der Waals surface area contributed by atoms with Gasteiger partial charge in [0.15, 0.2) is 6.10 Å². The summed E-state index contributed by atoms with van der Waals surface area (Å²) in [5.41, 5.74) is 0.608. The van der Waals surface area contributed by atoms with Gasteiger partial charge < -0.3 is 14.6 Å². The molecule has 4 nitrogen and oxygen atoms in total. The molecule has 1 unspecified atom stereocenters. The molecule has 4 heteroatoms. The SMILES string of the molecule is CCCOC(C(=O)O)c1cccc(OCC)c1. The van der Waals surface area contributed by atoms with Crippen LogP contribution in [0.4, 0.5) is 0 Å². The summed E-state index contributed by atoms with van der Waals surface area (Å²) in [6.07, 6.45) is -0.134. The summed E-state index contributed by atoms with van der Waals surface area (Å²) in [6.45, 7) is 4.80. The van der Waals surface area contributed by atoms with E-state index >= 15 is 0 Å². The summed E-state index contributed by atoms with van der Waals surface area (Å²) >= 11 is 0. The van der Waals surface area contributed by atoms with Crippen molar-refractivity contribution < 1.29 is 19.4 Å². The molecule has 0 aliphatic heterocycles. The van der Waals surface area contributed by atoms with Gasteiger partial charge >= 0.3 is 5.97 Å². The molecule has 0 saturated heterocycles. The van der Waals surface area contributed by atoms with Crippen molar-refractivity contribution in [2.45, 2.75) is 26.4 Å². The lowest BCUT2D eigenvalue weighted by Gasteiger charge is -2.14. The van der Waals surface area contributed by atoms with Crippen molar-refractivity contribution in [3.63, 3.8) is 0 Å². The van der Waals surface area contributed by atoms with Gasteiger partial charge in [-0.1, -0.05) is 19.1 Å². The van der Waals surface area contributed by atoms with E-state index in [1.54, 1.807) is 24.3 Å². The summed E-state index contributed by atoms with van der Waals surface area (Å²) in [7, 11) is 0. The Labute approximate surface area is 101 Å². The van der Waals surface area contributed by atoms with E-state index in [0.717, 1.165) is 6.42 Å². The van der Waals surface area contributed by atoms with Crippen LogP contribution in [0, 0.1) is 0 Å². The molecule has 94 valence electrons. The van der Waals surface area contributed by atoms with Crippen LogP contribution in [0.3, 0.4) is 0 Å². The predicted octanol–water partition coefficient (Wildman–Crippen LogP) is 2.64. The van der Waals surface area contributed by atoms with Crippen LogP contribution in [0.25, 0.3) is 0 Å². The van der Waals surface area contributed by atoms with Gasteiger partial charge in [0.1, 0.15) is 5.75 Å². The van der Waals surface area contributed by atoms with Crippen LogP contribution in [-0.4, -0.2) is 24.3 Å². The van der Waals surface area contributed by atoms with E-state index < -0.39 is 12.1 Å². The Hall–Kier alpha value is -1.55. The molecule has 1 aromatic rings. The molecule has 1 aromatic carbocycles. The zero-order valence-corrected chi connectivity index (χ0v) is 10.2. The van der Waals surface area contributed by atoms with Crippen molar-refractivity contribution in [2.24, 2.45) is 0 Å². The van der Waals surface area contributed by atoms with Crippen LogP contribution < -0.4 is 4.74 Å². The minimum Gasteiger partial charge on any atom is -0.494 e. The Morgan fingerprint density at radius 2 is 2.18 bits per heavy atom. The molecule has 1 N–H and O–H groups in total. The quantitative estimate of drug-likeness (QED) is 0.793. The highest BCUT2D eigenvalue weighted by Gasteiger charge is 2.20. The summed E-state index contributed by atoms with van der Waals surface area (Å²) in [5.74, 6) is -0.316. The summed E-state index contributed by atoms with van der Waals surface area (Å²) < 4.78 is 10.6. The Kier molecular flexibility index (Phi) is 5.49. The molecule has 0 fully saturated rings. The Balaban J connectivity index is 2.85. The molecule has 1 atom stereocenters. The smallest absolute Gasteiger partial charge is 0.337 e. The van der Waals surface area contributed by atoms with Gasteiger partial charge in [-0.3, -0.25) is 0 Å². The van der Waals surface area contributed by atoms with Gasteiger partial charge in [0.25, 0.3) is 0 Å². The maximum absolute atomic E-state index is 11.1. The largest absolute Gasteiger partial charge is 0.494 e. The lowest BCUT2D eigenvalue weighted by molar-refractivity contribution is -0.150. The second-order valence-electron chi connectivity index (χ2n) is 3.59. The molecule has 0 bridgehead atoms. The van der Waals surface area contributed by atoms with Gasteiger partial charge in [0.2, 0.25) is 0 Å². The van der Waals surface area contributed by atoms with Crippen molar-refractivity contribution >= 4 is 5.97 Å². The molecule has 0 spiro atoms. The molecule has 0 radical (unpaired) electrons. The van der Waals surface area contributed by atoms with Crippen molar-refractivity contribution in [1.29, 1.82) is 0 Å². The number of carboxylic acids is 1. The van der Waals surface area contributed by atoms with E-state index in [9.17, 15) is 4.79 Å². The first-order chi connectivity index (χ1) is 8.19. The lowest BCUT2D eigenvalue weighted by Crippen LogP contribution is -2.16. The molecule has 0 heterocycles. The van der Waals surface area contributed by atoms with E-state index in [2.05, 4.69) is 0 Å². The van der Waals surface area contributed by atoms with Crippen molar-refractivity contribution in [2.75, 3.05) is 13.2 Å². The molecule has 0 saturated carbocycles. The van der Waals surface area contributed by atoms with E-state index in [1.807, 2.05) is 13.8 Å². The van der Waals surface area contributed by atoms with Crippen LogP contribution in [-0.2, 0) is 9.53 Å². The van der Waals surface area contributed by atoms with Crippen LogP contribution in [0.5, 0.6) is 5.75 Å². The standard InChI is InChI=1S/C13H18O4/c1-3-8-17-12(13(14)15)10-6-5-7-11(9-10)16-4-2/h5-7,9,12H,3-4,8H2,1-2H3,(H,14,15). The topological polar surface area (TPSA) is 55.8 Å². The maximum Gasteiger partial charge on any atom is 0.337 e. The second-order valence-corrected chi connectivity index (χ2v) is 3.59. The average molecular weight is 238 g/mol. The zero-order chi connectivity index (χ0) is 12.7. The third kappa shape index (κ3) is 4.07. The third-order valence-electron chi connectivity index (χ3n) is 2.18. The highest BCUT2D eigenvalue weighted by Crippen LogP contribution is 2.22. The molecule has 0 aliphatic carbocycles. The fraction of sp³-hybridized carbons (Fsp3) is 0.462. The fourth-order valence-electron chi connectivity index (χ4n) is 1.48. The second kappa shape index (κ2) is 6.91. The van der Waals surface area contributed by atoms with E-state index in [-0.39, 0.29) is 0 Å². The number of carboxylic acid groups (broad SMARTS) is 1. The number of hydrogen-bond acceptors (Lipinski definition) is 3. The van der Waals surface area contributed by atoms with Gasteiger partial charge in [0, 0.05) is 6.61 Å². The van der Waals surface area contributed by atoms with E-state index in [4.69, 9.17) is 14.6 Å². The molecular formula is C13H18O4. The van der Waals surface area contributed by atoms with E-state index in [1.165, 1.54) is 0 Å². The van der Waals surface area contributed by atoms with Gasteiger partial charge in [-0.05, 0) is 31.0 Å². The van der Waals surface area contributed by atoms with Gasteiger partial charge in [0.05, 0.1) is 6.61 Å². The van der Waals surface area contributed by atoms with Crippen LogP contribution >= 0.6 is 0 Å². The summed E-state index contributed by atoms with van der Waals surface area (Å²) in [4.78, 5) is 11.1. The normalized spacial score (nSPS) is 12.1. The first-order valence-corrected chi connectivity index (χ1v) is 5.76. The van der Waals surface area contributed by atoms with Crippen molar-refractivity contribution in [3.8, 4) is 5.75 Å². The highest BCUT2D eigenvalue weighted by molar-refractivity contribution is 5.74. The maximum atomic E-state index is 11.1. The number of rotatable bonds is 7. The fourth-order valence-corrected chi connectivity index (χ4v) is 1.48. The minimum atomic E-state index is -0.980. The monoisotopic (exact) mass is 238 g/mol. The van der Waals surface area contributed by atoms with Crippen LogP contribution in [0.15, 0.2) is 24.3 Å². The van der Waals surface area contributed by atoms with Crippen molar-refractivity contribution in [3.05, 3.63) is 29.8 Å². The van der Waals surface area contributed by atoms with Gasteiger partial charge in [-0.2, -0.15) is 0 Å². The Morgan fingerprint density at radius 3 is 2.76 bits per heavy atom. The minimum absolute atomic E-state index is 0.426. The molecule has 0 aliphatic rings. The number of benzene rings is 1. The number of carbonyl (C=O) groups is 1. The summed E-state index contributed by atoms with van der Waals surface area (Å²) in [6, 6.07) is 7.01. The molecule has 17 heavy (non-hydrogen) atoms. The van der Waals surface area contributed by atoms with Crippen LogP contribution in [0.1, 0.15) is 31.9 Å². The molecule has 0 aromatic heterocycles. The summed E-state index contributed by atoms with van der Waals surface area (Å²) in [5, 5.41) is 9.11.